The van der Waals surface area contributed by atoms with E-state index >= 15 is 0 Å². The molecule has 0 aromatic rings. The van der Waals surface area contributed by atoms with Gasteiger partial charge in [0.2, 0.25) is 23.4 Å². The highest BCUT2D eigenvalue weighted by Gasteiger charge is 2.53. The molecule has 9 nitrogen and oxygen atoms in total. The van der Waals surface area contributed by atoms with Crippen molar-refractivity contribution in [1.82, 2.24) is 15.1 Å². The van der Waals surface area contributed by atoms with Gasteiger partial charge in [0.1, 0.15) is 6.54 Å². The number of nitrogens with one attached hydrogen (secondary N) is 1. The lowest BCUT2D eigenvalue weighted by atomic mass is 9.81. The van der Waals surface area contributed by atoms with E-state index in [0.29, 0.717) is 25.8 Å². The fourth-order valence-electron chi connectivity index (χ4n) is 4.63. The predicted molar refractivity (Wildman–Crippen MR) is 119 cm³/mol. The number of piperidine rings is 1. The molecule has 2 aliphatic rings. The van der Waals surface area contributed by atoms with Gasteiger partial charge in [-0.05, 0) is 32.1 Å². The molecule has 2 amide bonds. The lowest BCUT2D eigenvalue weighted by Crippen LogP contribution is -2.72. The van der Waals surface area contributed by atoms with Crippen molar-refractivity contribution in [3.63, 3.8) is 0 Å². The number of ketones is 2. The molecule has 1 N–H and O–H groups in total. The maximum Gasteiger partial charge on any atom is 0.240 e. The first-order chi connectivity index (χ1) is 15.1. The number of likely N-dealkylation sites (tertiary alicyclic amines) is 1. The molecule has 0 spiro atoms. The Morgan fingerprint density at radius 2 is 1.78 bits per heavy atom. The summed E-state index contributed by atoms with van der Waals surface area (Å²) in [6.45, 7) is 7.69. The molecule has 2 heterocycles. The number of hydrogen-bond acceptors (Lipinski definition) is 7. The number of rotatable bonds is 12. The van der Waals surface area contributed by atoms with E-state index in [4.69, 9.17) is 9.47 Å². The minimum atomic E-state index is -0.762. The summed E-state index contributed by atoms with van der Waals surface area (Å²) in [5.41, 5.74) is -0.740. The highest BCUT2D eigenvalue weighted by Crippen LogP contribution is 2.36. The van der Waals surface area contributed by atoms with E-state index < -0.39 is 35.4 Å². The fourth-order valence-corrected chi connectivity index (χ4v) is 4.63. The number of amides is 2. The maximum atomic E-state index is 13.5. The van der Waals surface area contributed by atoms with E-state index in [0.717, 1.165) is 12.8 Å². The number of ether oxygens (including phenoxy) is 2. The molecule has 3 atom stereocenters. The Morgan fingerprint density at radius 3 is 2.34 bits per heavy atom. The van der Waals surface area contributed by atoms with Crippen LogP contribution in [0.15, 0.2) is 0 Å². The van der Waals surface area contributed by atoms with Crippen LogP contribution < -0.4 is 5.32 Å². The number of carbonyl (C=O) groups is 4. The Hall–Kier alpha value is -1.84. The molecule has 182 valence electrons. The minimum Gasteiger partial charge on any atom is -0.355 e. The summed E-state index contributed by atoms with van der Waals surface area (Å²) in [6, 6.07) is -1.36. The van der Waals surface area contributed by atoms with E-state index in [1.54, 1.807) is 13.8 Å². The van der Waals surface area contributed by atoms with Crippen molar-refractivity contribution in [2.24, 2.45) is 5.41 Å². The molecule has 0 radical (unpaired) electrons. The Morgan fingerprint density at radius 1 is 1.12 bits per heavy atom. The Kier molecular flexibility index (Phi) is 9.36. The third kappa shape index (κ3) is 5.55. The van der Waals surface area contributed by atoms with Gasteiger partial charge in [0.05, 0.1) is 18.6 Å². The van der Waals surface area contributed by atoms with Crippen molar-refractivity contribution in [1.29, 1.82) is 0 Å². The summed E-state index contributed by atoms with van der Waals surface area (Å²) in [6.07, 6.45) is 2.70. The number of fused-ring (bicyclic) bond motifs is 2. The molecule has 0 saturated carbocycles. The largest absolute Gasteiger partial charge is 0.355 e. The summed E-state index contributed by atoms with van der Waals surface area (Å²) >= 11 is 0. The van der Waals surface area contributed by atoms with Gasteiger partial charge in [-0.1, -0.05) is 27.7 Å². The molecule has 9 heteroatoms. The van der Waals surface area contributed by atoms with Crippen LogP contribution in [0.1, 0.15) is 59.8 Å². The molecule has 3 unspecified atom stereocenters. The second kappa shape index (κ2) is 11.3. The SMILES string of the molecule is CCCNC(=O)CN1C(=O)C2CCCC(C1C(OC)OC)N2CC(=O)C(=O)C(C)(C)CC. The van der Waals surface area contributed by atoms with Crippen LogP contribution in [0.5, 0.6) is 0 Å². The van der Waals surface area contributed by atoms with Crippen LogP contribution in [-0.4, -0.2) is 91.5 Å². The summed E-state index contributed by atoms with van der Waals surface area (Å²) < 4.78 is 11.0. The number of hydrogen-bond donors (Lipinski definition) is 1. The third-order valence-corrected chi connectivity index (χ3v) is 6.83. The lowest BCUT2D eigenvalue weighted by Gasteiger charge is -2.54. The van der Waals surface area contributed by atoms with Crippen LogP contribution >= 0.6 is 0 Å². The summed E-state index contributed by atoms with van der Waals surface area (Å²) in [7, 11) is 2.98. The molecule has 2 bridgehead atoms. The molecule has 2 fully saturated rings. The molecule has 2 rings (SSSR count). The smallest absolute Gasteiger partial charge is 0.240 e. The van der Waals surface area contributed by atoms with E-state index in [-0.39, 0.29) is 30.9 Å². The highest BCUT2D eigenvalue weighted by molar-refractivity contribution is 6.39. The average Bonchev–Trinajstić information content (AvgIpc) is 2.78. The molecule has 2 saturated heterocycles. The zero-order chi connectivity index (χ0) is 24.1. The van der Waals surface area contributed by atoms with Gasteiger partial charge in [0.25, 0.3) is 0 Å². The van der Waals surface area contributed by atoms with Crippen molar-refractivity contribution in [3.05, 3.63) is 0 Å². The zero-order valence-electron chi connectivity index (χ0n) is 20.3. The van der Waals surface area contributed by atoms with E-state index in [1.165, 1.54) is 19.1 Å². The van der Waals surface area contributed by atoms with Crippen LogP contribution in [0.4, 0.5) is 0 Å². The van der Waals surface area contributed by atoms with E-state index in [1.807, 2.05) is 18.7 Å². The standard InChI is InChI=1S/C23H39N3O6/c1-7-12-24-18(28)14-26-19(22(31-5)32-6)15-10-9-11-16(21(26)30)25(15)13-17(27)20(29)23(3,4)8-2/h15-16,19,22H,7-14H2,1-6H3,(H,24,28). The number of Topliss-reactive ketones (excluding diaryl/α,β-unsaturated/α-hetero) is 2. The Balaban J connectivity index is 2.34. The van der Waals surface area contributed by atoms with Crippen molar-refractivity contribution in [2.45, 2.75) is 84.2 Å². The summed E-state index contributed by atoms with van der Waals surface area (Å²) in [5.74, 6) is -1.37. The molecular weight excluding hydrogens is 414 g/mol. The van der Waals surface area contributed by atoms with Crippen molar-refractivity contribution >= 4 is 23.4 Å². The van der Waals surface area contributed by atoms with Crippen LogP contribution in [0.2, 0.25) is 0 Å². The van der Waals surface area contributed by atoms with Crippen LogP contribution in [0, 0.1) is 5.41 Å². The van der Waals surface area contributed by atoms with Crippen molar-refractivity contribution in [2.75, 3.05) is 33.9 Å². The van der Waals surface area contributed by atoms with Crippen LogP contribution in [0.25, 0.3) is 0 Å². The fraction of sp³-hybridized carbons (Fsp3) is 0.826. The molecule has 2 aliphatic heterocycles. The van der Waals surface area contributed by atoms with Crippen molar-refractivity contribution in [3.8, 4) is 0 Å². The zero-order valence-corrected chi connectivity index (χ0v) is 20.3. The number of carbonyl (C=O) groups excluding carboxylic acids is 4. The molecule has 0 aromatic heterocycles. The Labute approximate surface area is 191 Å². The minimum absolute atomic E-state index is 0.0939. The van der Waals surface area contributed by atoms with Crippen molar-refractivity contribution < 1.29 is 28.7 Å². The van der Waals surface area contributed by atoms with Crippen LogP contribution in [-0.2, 0) is 28.7 Å². The second-order valence-electron chi connectivity index (χ2n) is 9.32. The summed E-state index contributed by atoms with van der Waals surface area (Å²) in [4.78, 5) is 55.0. The predicted octanol–water partition coefficient (Wildman–Crippen LogP) is 1.14. The number of methoxy groups -OCH3 is 2. The molecule has 32 heavy (non-hydrogen) atoms. The van der Waals surface area contributed by atoms with Gasteiger partial charge in [0.15, 0.2) is 6.29 Å². The van der Waals surface area contributed by atoms with Gasteiger partial charge in [-0.3, -0.25) is 24.1 Å². The first kappa shape index (κ1) is 26.4. The lowest BCUT2D eigenvalue weighted by molar-refractivity contribution is -0.198. The third-order valence-electron chi connectivity index (χ3n) is 6.83. The first-order valence-corrected chi connectivity index (χ1v) is 11.6. The monoisotopic (exact) mass is 453 g/mol. The van der Waals surface area contributed by atoms with Gasteiger partial charge in [0, 0.05) is 32.2 Å². The molecule has 0 aliphatic carbocycles. The first-order valence-electron chi connectivity index (χ1n) is 11.6. The van der Waals surface area contributed by atoms with Gasteiger partial charge in [-0.2, -0.15) is 0 Å². The number of piperazine rings is 1. The molecular formula is C23H39N3O6. The van der Waals surface area contributed by atoms with Gasteiger partial charge < -0.3 is 19.7 Å². The number of nitrogens with zero attached hydrogens (tertiary/aromatic N) is 2. The average molecular weight is 454 g/mol. The quantitative estimate of drug-likeness (QED) is 0.349. The second-order valence-corrected chi connectivity index (χ2v) is 9.32. The Bertz CT molecular complexity index is 706. The van der Waals surface area contributed by atoms with Crippen LogP contribution in [0.3, 0.4) is 0 Å². The van der Waals surface area contributed by atoms with Gasteiger partial charge >= 0.3 is 0 Å². The summed E-state index contributed by atoms with van der Waals surface area (Å²) in [5, 5.41) is 2.82. The highest BCUT2D eigenvalue weighted by atomic mass is 16.7. The topological polar surface area (TPSA) is 105 Å². The maximum absolute atomic E-state index is 13.5. The van der Waals surface area contributed by atoms with Gasteiger partial charge in [-0.15, -0.1) is 0 Å². The van der Waals surface area contributed by atoms with E-state index in [9.17, 15) is 19.2 Å². The van der Waals surface area contributed by atoms with E-state index in [2.05, 4.69) is 5.32 Å². The molecule has 0 aromatic carbocycles. The normalized spacial score (nSPS) is 24.0. The van der Waals surface area contributed by atoms with Gasteiger partial charge in [-0.25, -0.2) is 0 Å².